The number of hydrogen-bond donors (Lipinski definition) is 3. The van der Waals surface area contributed by atoms with Crippen LogP contribution in [0.15, 0.2) is 24.3 Å². The molecule has 23 heavy (non-hydrogen) atoms. The highest BCUT2D eigenvalue weighted by molar-refractivity contribution is 5.75. The fourth-order valence-electron chi connectivity index (χ4n) is 2.72. The average molecular weight is 330 g/mol. The Hall–Kier alpha value is -1.80. The lowest BCUT2D eigenvalue weighted by atomic mass is 9.69. The molecule has 0 unspecified atom stereocenters. The topological polar surface area (TPSA) is 56.4 Å². The molecular formula is C15H21F3N4O. The number of amides is 2. The maximum atomic E-state index is 13.4. The maximum absolute atomic E-state index is 13.4. The van der Waals surface area contributed by atoms with Crippen LogP contribution >= 0.6 is 0 Å². The van der Waals surface area contributed by atoms with Crippen LogP contribution in [0.1, 0.15) is 18.4 Å². The smallest absolute Gasteiger partial charge is 0.317 e. The van der Waals surface area contributed by atoms with Gasteiger partial charge in [-0.3, -0.25) is 10.9 Å². The molecular weight excluding hydrogens is 309 g/mol. The molecule has 1 aromatic rings. The first-order chi connectivity index (χ1) is 10.8. The fourth-order valence-corrected chi connectivity index (χ4v) is 2.72. The molecule has 0 heterocycles. The van der Waals surface area contributed by atoms with E-state index in [1.165, 1.54) is 29.2 Å². The second-order valence-corrected chi connectivity index (χ2v) is 5.83. The van der Waals surface area contributed by atoms with Crippen molar-refractivity contribution in [1.82, 2.24) is 21.1 Å². The van der Waals surface area contributed by atoms with Gasteiger partial charge in [-0.25, -0.2) is 18.0 Å². The van der Waals surface area contributed by atoms with Gasteiger partial charge in [-0.05, 0) is 24.7 Å². The Morgan fingerprint density at radius 1 is 1.26 bits per heavy atom. The number of hydrazine groups is 1. The quantitative estimate of drug-likeness (QED) is 0.551. The monoisotopic (exact) mass is 330 g/mol. The number of alkyl halides is 2. The molecule has 128 valence electrons. The Bertz CT molecular complexity index is 542. The Morgan fingerprint density at radius 2 is 1.87 bits per heavy atom. The van der Waals surface area contributed by atoms with E-state index in [0.717, 1.165) is 0 Å². The summed E-state index contributed by atoms with van der Waals surface area (Å²) in [5.41, 5.74) is 4.91. The summed E-state index contributed by atoms with van der Waals surface area (Å²) < 4.78 is 39.9. The van der Waals surface area contributed by atoms with Gasteiger partial charge >= 0.3 is 6.03 Å². The number of benzene rings is 1. The number of halogens is 3. The summed E-state index contributed by atoms with van der Waals surface area (Å²) in [6, 6.07) is 4.85. The number of carbonyl (C=O) groups excluding carboxylic acids is 1. The van der Waals surface area contributed by atoms with Gasteiger partial charge in [0, 0.05) is 33.0 Å². The third-order valence-electron chi connectivity index (χ3n) is 3.96. The van der Waals surface area contributed by atoms with E-state index in [1.807, 2.05) is 0 Å². The number of nitrogens with one attached hydrogen (secondary N) is 3. The van der Waals surface area contributed by atoms with E-state index in [4.69, 9.17) is 0 Å². The van der Waals surface area contributed by atoms with Crippen LogP contribution in [0.3, 0.4) is 0 Å². The molecule has 0 aliphatic heterocycles. The van der Waals surface area contributed by atoms with E-state index in [0.29, 0.717) is 18.7 Å². The minimum absolute atomic E-state index is 0.405. The SMILES string of the molecule is CNNCCN(C)C(=O)NC1(c2ccc(F)cc2)CC(F)(F)C1. The van der Waals surface area contributed by atoms with Crippen molar-refractivity contribution in [3.05, 3.63) is 35.6 Å². The van der Waals surface area contributed by atoms with Gasteiger partial charge in [-0.15, -0.1) is 0 Å². The highest BCUT2D eigenvalue weighted by atomic mass is 19.3. The van der Waals surface area contributed by atoms with Gasteiger partial charge in [0.2, 0.25) is 0 Å². The van der Waals surface area contributed by atoms with Crippen LogP contribution in [0.5, 0.6) is 0 Å². The van der Waals surface area contributed by atoms with Gasteiger partial charge in [0.1, 0.15) is 5.82 Å². The van der Waals surface area contributed by atoms with E-state index in [9.17, 15) is 18.0 Å². The van der Waals surface area contributed by atoms with Gasteiger partial charge in [-0.2, -0.15) is 0 Å². The molecule has 2 rings (SSSR count). The zero-order valence-corrected chi connectivity index (χ0v) is 13.1. The third-order valence-corrected chi connectivity index (χ3v) is 3.96. The summed E-state index contributed by atoms with van der Waals surface area (Å²) in [7, 11) is 3.29. The molecule has 1 aliphatic rings. The van der Waals surface area contributed by atoms with Crippen LogP contribution < -0.4 is 16.2 Å². The van der Waals surface area contributed by atoms with Crippen LogP contribution in [0.25, 0.3) is 0 Å². The lowest BCUT2D eigenvalue weighted by Crippen LogP contribution is -2.61. The number of nitrogens with zero attached hydrogens (tertiary/aromatic N) is 1. The van der Waals surface area contributed by atoms with E-state index in [2.05, 4.69) is 16.2 Å². The van der Waals surface area contributed by atoms with Gasteiger partial charge in [-0.1, -0.05) is 12.1 Å². The number of hydrogen-bond acceptors (Lipinski definition) is 3. The summed E-state index contributed by atoms with van der Waals surface area (Å²) in [5, 5.41) is 2.68. The van der Waals surface area contributed by atoms with Crippen LogP contribution in [0, 0.1) is 5.82 Å². The second-order valence-electron chi connectivity index (χ2n) is 5.83. The van der Waals surface area contributed by atoms with E-state index in [-0.39, 0.29) is 0 Å². The summed E-state index contributed by atoms with van der Waals surface area (Å²) in [6.45, 7) is 0.919. The van der Waals surface area contributed by atoms with Crippen molar-refractivity contribution in [1.29, 1.82) is 0 Å². The first-order valence-corrected chi connectivity index (χ1v) is 7.35. The molecule has 3 N–H and O–H groups in total. The van der Waals surface area contributed by atoms with Crippen molar-refractivity contribution in [2.75, 3.05) is 27.2 Å². The first kappa shape index (κ1) is 17.6. The highest BCUT2D eigenvalue weighted by Crippen LogP contribution is 2.51. The number of urea groups is 1. The molecule has 5 nitrogen and oxygen atoms in total. The van der Waals surface area contributed by atoms with E-state index in [1.54, 1.807) is 14.1 Å². The lowest BCUT2D eigenvalue weighted by Gasteiger charge is -2.48. The second kappa shape index (κ2) is 6.76. The summed E-state index contributed by atoms with van der Waals surface area (Å²) in [5.74, 6) is -3.27. The molecule has 1 saturated carbocycles. The summed E-state index contributed by atoms with van der Waals surface area (Å²) >= 11 is 0. The Kier molecular flexibility index (Phi) is 5.16. The first-order valence-electron chi connectivity index (χ1n) is 7.35. The largest absolute Gasteiger partial charge is 0.328 e. The van der Waals surface area contributed by atoms with E-state index < -0.39 is 36.2 Å². The van der Waals surface area contributed by atoms with Gasteiger partial charge in [0.25, 0.3) is 5.92 Å². The Labute approximate surface area is 133 Å². The molecule has 1 aromatic carbocycles. The molecule has 0 bridgehead atoms. The Morgan fingerprint density at radius 3 is 2.39 bits per heavy atom. The van der Waals surface area contributed by atoms with Crippen LogP contribution in [-0.4, -0.2) is 44.0 Å². The number of likely N-dealkylation sites (N-methyl/N-ethyl adjacent to an activating group) is 1. The number of carbonyl (C=O) groups is 1. The average Bonchev–Trinajstić information content (AvgIpc) is 2.45. The van der Waals surface area contributed by atoms with Crippen molar-refractivity contribution in [2.24, 2.45) is 0 Å². The fraction of sp³-hybridized carbons (Fsp3) is 0.533. The molecule has 0 aromatic heterocycles. The van der Waals surface area contributed by atoms with Crippen molar-refractivity contribution in [2.45, 2.75) is 24.3 Å². The molecule has 0 spiro atoms. The minimum Gasteiger partial charge on any atom is -0.328 e. The Balaban J connectivity index is 2.08. The predicted molar refractivity (Wildman–Crippen MR) is 80.5 cm³/mol. The number of rotatable bonds is 6. The van der Waals surface area contributed by atoms with Crippen LogP contribution in [0.4, 0.5) is 18.0 Å². The zero-order valence-electron chi connectivity index (χ0n) is 13.1. The van der Waals surface area contributed by atoms with Crippen LogP contribution in [0.2, 0.25) is 0 Å². The van der Waals surface area contributed by atoms with Crippen LogP contribution in [-0.2, 0) is 5.54 Å². The van der Waals surface area contributed by atoms with Crippen molar-refractivity contribution >= 4 is 6.03 Å². The molecule has 2 amide bonds. The molecule has 0 atom stereocenters. The predicted octanol–water partition coefficient (Wildman–Crippen LogP) is 1.82. The normalized spacial score (nSPS) is 18.1. The van der Waals surface area contributed by atoms with Gasteiger partial charge < -0.3 is 10.2 Å². The molecule has 8 heteroatoms. The van der Waals surface area contributed by atoms with E-state index >= 15 is 0 Å². The summed E-state index contributed by atoms with van der Waals surface area (Å²) in [6.07, 6.45) is -0.972. The zero-order chi connectivity index (χ0) is 17.1. The standard InChI is InChI=1S/C15H21F3N4O/c1-19-20-7-8-22(2)13(23)21-14(9-15(17,18)10-14)11-3-5-12(16)6-4-11/h3-6,19-20H,7-10H2,1-2H3,(H,21,23). The molecule has 0 radical (unpaired) electrons. The lowest BCUT2D eigenvalue weighted by molar-refractivity contribution is -0.134. The minimum atomic E-state index is -2.83. The van der Waals surface area contributed by atoms with Crippen molar-refractivity contribution < 1.29 is 18.0 Å². The molecule has 1 aliphatic carbocycles. The van der Waals surface area contributed by atoms with Gasteiger partial charge in [0.15, 0.2) is 0 Å². The van der Waals surface area contributed by atoms with Crippen molar-refractivity contribution in [3.63, 3.8) is 0 Å². The molecule has 1 fully saturated rings. The summed E-state index contributed by atoms with van der Waals surface area (Å²) in [4.78, 5) is 13.7. The third kappa shape index (κ3) is 4.14. The molecule has 0 saturated heterocycles. The van der Waals surface area contributed by atoms with Gasteiger partial charge in [0.05, 0.1) is 5.54 Å². The van der Waals surface area contributed by atoms with Crippen molar-refractivity contribution in [3.8, 4) is 0 Å². The highest BCUT2D eigenvalue weighted by Gasteiger charge is 2.58. The maximum Gasteiger partial charge on any atom is 0.317 e.